The molecule has 0 fully saturated rings. The highest BCUT2D eigenvalue weighted by Gasteiger charge is 2.10. The van der Waals surface area contributed by atoms with E-state index in [0.29, 0.717) is 0 Å². The molecule has 88 valence electrons. The fraction of sp³-hybridized carbons (Fsp3) is 0.214. The van der Waals surface area contributed by atoms with Crippen molar-refractivity contribution in [1.82, 2.24) is 4.98 Å². The summed E-state index contributed by atoms with van der Waals surface area (Å²) in [6.07, 6.45) is 0. The van der Waals surface area contributed by atoms with Crippen molar-refractivity contribution in [3.05, 3.63) is 52.0 Å². The number of aryl methyl sites for hydroxylation is 2. The number of aromatic nitrogens is 1. The molecule has 0 unspecified atom stereocenters. The van der Waals surface area contributed by atoms with Crippen LogP contribution in [0.4, 0.5) is 0 Å². The van der Waals surface area contributed by atoms with Crippen molar-refractivity contribution in [3.63, 3.8) is 0 Å². The minimum absolute atomic E-state index is 0.860. The van der Waals surface area contributed by atoms with E-state index in [0.717, 1.165) is 32.5 Å². The first-order valence-corrected chi connectivity index (χ1v) is 6.21. The molecule has 2 rings (SSSR count). The minimum Gasteiger partial charge on any atom is -0.497 e. The van der Waals surface area contributed by atoms with Crippen LogP contribution in [0, 0.1) is 13.8 Å². The highest BCUT2D eigenvalue weighted by Crippen LogP contribution is 2.30. The molecule has 1 heterocycles. The SMILES string of the molecule is C=C(c1ccc(OC)cc1)c1sc(C)nc1C. The van der Waals surface area contributed by atoms with Crippen molar-refractivity contribution in [2.45, 2.75) is 13.8 Å². The van der Waals surface area contributed by atoms with Gasteiger partial charge in [0.2, 0.25) is 0 Å². The van der Waals surface area contributed by atoms with E-state index in [1.54, 1.807) is 18.4 Å². The van der Waals surface area contributed by atoms with Crippen LogP contribution in [-0.2, 0) is 0 Å². The maximum atomic E-state index is 5.14. The number of hydrogen-bond donors (Lipinski definition) is 0. The fourth-order valence-corrected chi connectivity index (χ4v) is 2.65. The van der Waals surface area contributed by atoms with Gasteiger partial charge in [-0.2, -0.15) is 0 Å². The second-order valence-corrected chi connectivity index (χ2v) is 5.06. The summed E-state index contributed by atoms with van der Waals surface area (Å²) in [4.78, 5) is 5.58. The Morgan fingerprint density at radius 1 is 1.24 bits per heavy atom. The number of nitrogens with zero attached hydrogens (tertiary/aromatic N) is 1. The van der Waals surface area contributed by atoms with Crippen LogP contribution >= 0.6 is 11.3 Å². The van der Waals surface area contributed by atoms with Gasteiger partial charge in [0, 0.05) is 0 Å². The molecule has 0 spiro atoms. The summed E-state index contributed by atoms with van der Waals surface area (Å²) in [5.74, 6) is 0.860. The van der Waals surface area contributed by atoms with Gasteiger partial charge in [0.25, 0.3) is 0 Å². The third kappa shape index (κ3) is 2.39. The smallest absolute Gasteiger partial charge is 0.118 e. The lowest BCUT2D eigenvalue weighted by molar-refractivity contribution is 0.415. The van der Waals surface area contributed by atoms with Gasteiger partial charge >= 0.3 is 0 Å². The molecule has 2 aromatic rings. The Hall–Kier alpha value is -1.61. The fourth-order valence-electron chi connectivity index (χ4n) is 1.73. The quantitative estimate of drug-likeness (QED) is 0.820. The van der Waals surface area contributed by atoms with E-state index < -0.39 is 0 Å². The molecule has 0 atom stereocenters. The molecule has 0 saturated carbocycles. The molecule has 0 amide bonds. The second kappa shape index (κ2) is 4.72. The first-order chi connectivity index (χ1) is 8.11. The first-order valence-electron chi connectivity index (χ1n) is 5.39. The van der Waals surface area contributed by atoms with Crippen LogP contribution in [0.5, 0.6) is 5.75 Å². The zero-order chi connectivity index (χ0) is 12.4. The van der Waals surface area contributed by atoms with Crippen molar-refractivity contribution in [3.8, 4) is 5.75 Å². The van der Waals surface area contributed by atoms with Gasteiger partial charge < -0.3 is 4.74 Å². The van der Waals surface area contributed by atoms with Crippen molar-refractivity contribution in [2.24, 2.45) is 0 Å². The summed E-state index contributed by atoms with van der Waals surface area (Å²) in [5.41, 5.74) is 3.18. The summed E-state index contributed by atoms with van der Waals surface area (Å²) in [6.45, 7) is 8.19. The third-order valence-corrected chi connectivity index (χ3v) is 3.75. The van der Waals surface area contributed by atoms with E-state index in [9.17, 15) is 0 Å². The molecular weight excluding hydrogens is 230 g/mol. The van der Waals surface area contributed by atoms with E-state index in [1.807, 2.05) is 38.1 Å². The van der Waals surface area contributed by atoms with Crippen LogP contribution in [0.2, 0.25) is 0 Å². The maximum absolute atomic E-state index is 5.14. The summed E-state index contributed by atoms with van der Waals surface area (Å²) in [5, 5.41) is 1.08. The number of benzene rings is 1. The van der Waals surface area contributed by atoms with E-state index in [2.05, 4.69) is 11.6 Å². The van der Waals surface area contributed by atoms with Gasteiger partial charge in [0.1, 0.15) is 5.75 Å². The Bertz CT molecular complexity index is 540. The Morgan fingerprint density at radius 3 is 2.35 bits per heavy atom. The number of hydrogen-bond acceptors (Lipinski definition) is 3. The Labute approximate surface area is 106 Å². The van der Waals surface area contributed by atoms with Crippen molar-refractivity contribution in [1.29, 1.82) is 0 Å². The largest absolute Gasteiger partial charge is 0.497 e. The summed E-state index contributed by atoms with van der Waals surface area (Å²) >= 11 is 1.69. The van der Waals surface area contributed by atoms with Gasteiger partial charge in [0.05, 0.1) is 22.7 Å². The Morgan fingerprint density at radius 2 is 1.88 bits per heavy atom. The van der Waals surface area contributed by atoms with Crippen LogP contribution in [0.3, 0.4) is 0 Å². The van der Waals surface area contributed by atoms with Crippen LogP contribution in [0.25, 0.3) is 5.57 Å². The summed E-state index contributed by atoms with van der Waals surface area (Å²) in [7, 11) is 1.67. The normalized spacial score (nSPS) is 10.3. The van der Waals surface area contributed by atoms with E-state index in [-0.39, 0.29) is 0 Å². The predicted molar refractivity (Wildman–Crippen MR) is 72.7 cm³/mol. The van der Waals surface area contributed by atoms with Crippen molar-refractivity contribution in [2.75, 3.05) is 7.11 Å². The van der Waals surface area contributed by atoms with Crippen LogP contribution in [0.15, 0.2) is 30.8 Å². The summed E-state index contributed by atoms with van der Waals surface area (Å²) in [6, 6.07) is 7.94. The zero-order valence-corrected chi connectivity index (χ0v) is 11.1. The second-order valence-electron chi connectivity index (χ2n) is 3.85. The highest BCUT2D eigenvalue weighted by molar-refractivity contribution is 7.12. The molecule has 0 N–H and O–H groups in total. The van der Waals surface area contributed by atoms with E-state index >= 15 is 0 Å². The monoisotopic (exact) mass is 245 g/mol. The molecule has 0 aliphatic heterocycles. The van der Waals surface area contributed by atoms with Crippen molar-refractivity contribution >= 4 is 16.9 Å². The molecule has 0 aliphatic carbocycles. The molecule has 0 radical (unpaired) electrons. The lowest BCUT2D eigenvalue weighted by atomic mass is 10.1. The van der Waals surface area contributed by atoms with Gasteiger partial charge in [-0.1, -0.05) is 18.7 Å². The van der Waals surface area contributed by atoms with Crippen LogP contribution in [-0.4, -0.2) is 12.1 Å². The molecule has 1 aromatic heterocycles. The van der Waals surface area contributed by atoms with Crippen LogP contribution < -0.4 is 4.74 Å². The predicted octanol–water partition coefficient (Wildman–Crippen LogP) is 3.83. The third-order valence-electron chi connectivity index (χ3n) is 2.62. The van der Waals surface area contributed by atoms with Gasteiger partial charge in [-0.3, -0.25) is 0 Å². The average molecular weight is 245 g/mol. The molecule has 17 heavy (non-hydrogen) atoms. The number of methoxy groups -OCH3 is 1. The molecule has 1 aromatic carbocycles. The van der Waals surface area contributed by atoms with E-state index in [1.165, 1.54) is 0 Å². The molecule has 0 saturated heterocycles. The number of rotatable bonds is 3. The molecule has 0 bridgehead atoms. The number of thiazole rings is 1. The first kappa shape index (κ1) is 11.9. The maximum Gasteiger partial charge on any atom is 0.118 e. The average Bonchev–Trinajstić information content (AvgIpc) is 2.68. The standard InChI is InChI=1S/C14H15NOS/c1-9(14-10(2)15-11(3)17-14)12-5-7-13(16-4)8-6-12/h5-8H,1H2,2-4H3. The zero-order valence-electron chi connectivity index (χ0n) is 10.3. The molecule has 2 nitrogen and oxygen atoms in total. The Kier molecular flexibility index (Phi) is 3.29. The minimum atomic E-state index is 0.860. The Balaban J connectivity index is 2.33. The lowest BCUT2D eigenvalue weighted by Gasteiger charge is -2.05. The number of ether oxygens (including phenoxy) is 1. The van der Waals surface area contributed by atoms with Crippen molar-refractivity contribution < 1.29 is 4.74 Å². The van der Waals surface area contributed by atoms with Gasteiger partial charge in [-0.05, 0) is 37.1 Å². The molecular formula is C14H15NOS. The van der Waals surface area contributed by atoms with Gasteiger partial charge in [-0.25, -0.2) is 4.98 Å². The van der Waals surface area contributed by atoms with Gasteiger partial charge in [0.15, 0.2) is 0 Å². The lowest BCUT2D eigenvalue weighted by Crippen LogP contribution is -1.87. The van der Waals surface area contributed by atoms with E-state index in [4.69, 9.17) is 4.74 Å². The summed E-state index contributed by atoms with van der Waals surface area (Å²) < 4.78 is 5.14. The van der Waals surface area contributed by atoms with Crippen LogP contribution in [0.1, 0.15) is 21.1 Å². The molecule has 3 heteroatoms. The highest BCUT2D eigenvalue weighted by atomic mass is 32.1. The molecule has 0 aliphatic rings. The topological polar surface area (TPSA) is 22.1 Å². The van der Waals surface area contributed by atoms with Gasteiger partial charge in [-0.15, -0.1) is 11.3 Å².